The van der Waals surface area contributed by atoms with Crippen LogP contribution in [0.3, 0.4) is 0 Å². The minimum atomic E-state index is -0.0206. The average molecular weight is 343 g/mol. The molecule has 0 aromatic heterocycles. The van der Waals surface area contributed by atoms with Crippen molar-refractivity contribution in [3.63, 3.8) is 0 Å². The normalized spacial score (nSPS) is 17.2. The van der Waals surface area contributed by atoms with Gasteiger partial charge in [0.1, 0.15) is 0 Å². The second-order valence-electron chi connectivity index (χ2n) is 7.18. The van der Waals surface area contributed by atoms with Crippen molar-refractivity contribution in [1.29, 1.82) is 0 Å². The summed E-state index contributed by atoms with van der Waals surface area (Å²) in [6.45, 7) is 4.05. The fraction of sp³-hybridized carbons (Fsp3) is 0.600. The zero-order chi connectivity index (χ0) is 17.6. The predicted octanol–water partition coefficient (Wildman–Crippen LogP) is 3.70. The van der Waals surface area contributed by atoms with E-state index in [0.717, 1.165) is 44.5 Å². The number of rotatable bonds is 7. The third kappa shape index (κ3) is 4.97. The molecule has 1 saturated carbocycles. The molecule has 5 nitrogen and oxygen atoms in total. The Labute approximate surface area is 150 Å². The highest BCUT2D eigenvalue weighted by Crippen LogP contribution is 2.28. The van der Waals surface area contributed by atoms with Crippen LogP contribution in [0, 0.1) is 0 Å². The molecule has 0 atom stereocenters. The summed E-state index contributed by atoms with van der Waals surface area (Å²) >= 11 is 0. The van der Waals surface area contributed by atoms with E-state index in [9.17, 15) is 9.59 Å². The van der Waals surface area contributed by atoms with Crippen molar-refractivity contribution in [2.75, 3.05) is 23.3 Å². The number of anilines is 2. The van der Waals surface area contributed by atoms with Crippen LogP contribution < -0.4 is 15.5 Å². The van der Waals surface area contributed by atoms with Gasteiger partial charge in [-0.1, -0.05) is 13.3 Å². The number of carbonyl (C=O) groups is 2. The van der Waals surface area contributed by atoms with Gasteiger partial charge < -0.3 is 15.5 Å². The van der Waals surface area contributed by atoms with Crippen molar-refractivity contribution in [2.45, 2.75) is 64.3 Å². The number of nitrogens with one attached hydrogen (secondary N) is 2. The maximum atomic E-state index is 12.7. The first-order chi connectivity index (χ1) is 12.2. The van der Waals surface area contributed by atoms with Crippen LogP contribution in [-0.2, 0) is 4.79 Å². The lowest BCUT2D eigenvalue weighted by Crippen LogP contribution is -2.33. The second-order valence-corrected chi connectivity index (χ2v) is 7.18. The molecule has 0 unspecified atom stereocenters. The van der Waals surface area contributed by atoms with Gasteiger partial charge in [0.05, 0.1) is 5.56 Å². The van der Waals surface area contributed by atoms with E-state index < -0.39 is 0 Å². The number of benzene rings is 1. The Balaban J connectivity index is 1.78. The van der Waals surface area contributed by atoms with Crippen LogP contribution in [0.2, 0.25) is 0 Å². The van der Waals surface area contributed by atoms with Crippen molar-refractivity contribution in [3.8, 4) is 0 Å². The monoisotopic (exact) mass is 343 g/mol. The van der Waals surface area contributed by atoms with Gasteiger partial charge in [0, 0.05) is 36.9 Å². The summed E-state index contributed by atoms with van der Waals surface area (Å²) in [5.41, 5.74) is 2.38. The summed E-state index contributed by atoms with van der Waals surface area (Å²) in [5, 5.41) is 6.02. The molecule has 0 spiro atoms. The molecule has 1 aromatic rings. The number of hydrogen-bond donors (Lipinski definition) is 2. The topological polar surface area (TPSA) is 61.4 Å². The molecule has 1 heterocycles. The van der Waals surface area contributed by atoms with Gasteiger partial charge in [0.2, 0.25) is 5.91 Å². The molecule has 2 fully saturated rings. The van der Waals surface area contributed by atoms with Gasteiger partial charge in [-0.3, -0.25) is 9.59 Å². The molecule has 2 amide bonds. The molecule has 1 aliphatic heterocycles. The third-order valence-electron chi connectivity index (χ3n) is 4.89. The Morgan fingerprint density at radius 3 is 2.60 bits per heavy atom. The van der Waals surface area contributed by atoms with Crippen LogP contribution in [0.25, 0.3) is 0 Å². The SMILES string of the molecule is CCCCC(=O)Nc1ccc(N2CCCCC2)c(C(=O)NC2CC2)c1. The highest BCUT2D eigenvalue weighted by Gasteiger charge is 2.26. The first kappa shape index (κ1) is 17.8. The maximum absolute atomic E-state index is 12.7. The van der Waals surface area contributed by atoms with E-state index in [1.165, 1.54) is 19.3 Å². The van der Waals surface area contributed by atoms with Crippen molar-refractivity contribution >= 4 is 23.2 Å². The minimum Gasteiger partial charge on any atom is -0.371 e. The van der Waals surface area contributed by atoms with Crippen LogP contribution in [-0.4, -0.2) is 30.9 Å². The molecule has 1 saturated heterocycles. The van der Waals surface area contributed by atoms with E-state index >= 15 is 0 Å². The van der Waals surface area contributed by atoms with Crippen LogP contribution in [0.4, 0.5) is 11.4 Å². The Morgan fingerprint density at radius 1 is 1.16 bits per heavy atom. The van der Waals surface area contributed by atoms with Crippen molar-refractivity contribution in [3.05, 3.63) is 23.8 Å². The lowest BCUT2D eigenvalue weighted by Gasteiger charge is -2.30. The number of nitrogens with zero attached hydrogens (tertiary/aromatic N) is 1. The Morgan fingerprint density at radius 2 is 1.92 bits per heavy atom. The molecule has 2 aliphatic rings. The number of hydrogen-bond acceptors (Lipinski definition) is 3. The molecular weight excluding hydrogens is 314 g/mol. The predicted molar refractivity (Wildman–Crippen MR) is 101 cm³/mol. The van der Waals surface area contributed by atoms with E-state index in [1.807, 2.05) is 18.2 Å². The molecule has 3 rings (SSSR count). The van der Waals surface area contributed by atoms with Gasteiger partial charge in [0.15, 0.2) is 0 Å². The van der Waals surface area contributed by atoms with Gasteiger partial charge in [-0.15, -0.1) is 0 Å². The molecule has 0 radical (unpaired) electrons. The van der Waals surface area contributed by atoms with E-state index in [-0.39, 0.29) is 11.8 Å². The summed E-state index contributed by atoms with van der Waals surface area (Å²) in [7, 11) is 0. The van der Waals surface area contributed by atoms with Crippen LogP contribution in [0.5, 0.6) is 0 Å². The molecule has 2 N–H and O–H groups in total. The van der Waals surface area contributed by atoms with E-state index in [4.69, 9.17) is 0 Å². The van der Waals surface area contributed by atoms with Crippen LogP contribution in [0.15, 0.2) is 18.2 Å². The maximum Gasteiger partial charge on any atom is 0.253 e. The zero-order valence-electron chi connectivity index (χ0n) is 15.1. The quantitative estimate of drug-likeness (QED) is 0.793. The minimum absolute atomic E-state index is 0.0149. The molecule has 136 valence electrons. The Bertz CT molecular complexity index is 619. The van der Waals surface area contributed by atoms with E-state index in [0.29, 0.717) is 23.7 Å². The molecule has 5 heteroatoms. The van der Waals surface area contributed by atoms with E-state index in [1.54, 1.807) is 0 Å². The van der Waals surface area contributed by atoms with Gasteiger partial charge in [0.25, 0.3) is 5.91 Å². The molecular formula is C20H29N3O2. The standard InChI is InChI=1S/C20H29N3O2/c1-2-3-7-19(24)21-16-10-11-18(23-12-5-4-6-13-23)17(14-16)20(25)22-15-8-9-15/h10-11,14-15H,2-9,12-13H2,1H3,(H,21,24)(H,22,25). The van der Waals surface area contributed by atoms with Gasteiger partial charge in [-0.05, 0) is 56.7 Å². The molecule has 1 aliphatic carbocycles. The Kier molecular flexibility index (Phi) is 5.95. The van der Waals surface area contributed by atoms with Crippen LogP contribution in [0.1, 0.15) is 68.6 Å². The van der Waals surface area contributed by atoms with E-state index in [2.05, 4.69) is 22.5 Å². The summed E-state index contributed by atoms with van der Waals surface area (Å²) in [6.07, 6.45) is 8.12. The number of amides is 2. The van der Waals surface area contributed by atoms with Crippen molar-refractivity contribution in [1.82, 2.24) is 5.32 Å². The third-order valence-corrected chi connectivity index (χ3v) is 4.89. The largest absolute Gasteiger partial charge is 0.371 e. The first-order valence-corrected chi connectivity index (χ1v) is 9.67. The lowest BCUT2D eigenvalue weighted by molar-refractivity contribution is -0.116. The summed E-state index contributed by atoms with van der Waals surface area (Å²) in [5.74, 6) is -0.00569. The molecule has 1 aromatic carbocycles. The smallest absolute Gasteiger partial charge is 0.253 e. The highest BCUT2D eigenvalue weighted by atomic mass is 16.2. The van der Waals surface area contributed by atoms with Crippen molar-refractivity contribution in [2.24, 2.45) is 0 Å². The molecule has 0 bridgehead atoms. The fourth-order valence-corrected chi connectivity index (χ4v) is 3.26. The lowest BCUT2D eigenvalue weighted by atomic mass is 10.1. The zero-order valence-corrected chi connectivity index (χ0v) is 15.1. The molecule has 25 heavy (non-hydrogen) atoms. The number of carbonyl (C=O) groups excluding carboxylic acids is 2. The first-order valence-electron chi connectivity index (χ1n) is 9.67. The average Bonchev–Trinajstić information content (AvgIpc) is 3.44. The van der Waals surface area contributed by atoms with Gasteiger partial charge in [-0.2, -0.15) is 0 Å². The van der Waals surface area contributed by atoms with Gasteiger partial charge in [-0.25, -0.2) is 0 Å². The Hall–Kier alpha value is -2.04. The summed E-state index contributed by atoms with van der Waals surface area (Å²) in [4.78, 5) is 27.0. The van der Waals surface area contributed by atoms with Gasteiger partial charge >= 0.3 is 0 Å². The van der Waals surface area contributed by atoms with Crippen molar-refractivity contribution < 1.29 is 9.59 Å². The fourth-order valence-electron chi connectivity index (χ4n) is 3.26. The summed E-state index contributed by atoms with van der Waals surface area (Å²) in [6, 6.07) is 6.07. The second kappa shape index (κ2) is 8.37. The number of unbranched alkanes of at least 4 members (excludes halogenated alkanes) is 1. The summed E-state index contributed by atoms with van der Waals surface area (Å²) < 4.78 is 0. The highest BCUT2D eigenvalue weighted by molar-refractivity contribution is 6.02. The number of piperidine rings is 1. The van der Waals surface area contributed by atoms with Crippen LogP contribution >= 0.6 is 0 Å².